The zero-order chi connectivity index (χ0) is 46.6. The second kappa shape index (κ2) is 21.8. The molecule has 0 unspecified atom stereocenters. The number of H-pyrrole nitrogens is 1. The number of halogens is 3. The minimum absolute atomic E-state index is 0.216. The lowest BCUT2D eigenvalue weighted by molar-refractivity contribution is -0.144. The zero-order valence-electron chi connectivity index (χ0n) is 36.5. The van der Waals surface area contributed by atoms with Gasteiger partial charge >= 0.3 is 12.1 Å². The van der Waals surface area contributed by atoms with Gasteiger partial charge in [0.2, 0.25) is 0 Å². The molecule has 1 aliphatic carbocycles. The number of hydrogen-bond donors (Lipinski definition) is 5. The number of aliphatic hydroxyl groups is 1. The van der Waals surface area contributed by atoms with Crippen molar-refractivity contribution >= 4 is 40.1 Å². The molecule has 0 bridgehead atoms. The lowest BCUT2D eigenvalue weighted by atomic mass is 9.89. The lowest BCUT2D eigenvalue weighted by Crippen LogP contribution is -2.25. The van der Waals surface area contributed by atoms with Crippen molar-refractivity contribution in [3.8, 4) is 11.1 Å². The number of aromatic nitrogens is 5. The maximum absolute atomic E-state index is 13.3. The molecule has 0 saturated heterocycles. The van der Waals surface area contributed by atoms with E-state index < -0.39 is 29.3 Å². The Balaban J connectivity index is 0.000000233. The van der Waals surface area contributed by atoms with Crippen LogP contribution >= 0.6 is 0 Å². The van der Waals surface area contributed by atoms with Gasteiger partial charge < -0.3 is 30.4 Å². The number of pyridine rings is 3. The van der Waals surface area contributed by atoms with Crippen LogP contribution in [-0.2, 0) is 34.3 Å². The molecule has 5 N–H and O–H groups in total. The summed E-state index contributed by atoms with van der Waals surface area (Å²) < 4.78 is 44.5. The Bertz CT molecular complexity index is 2640. The van der Waals surface area contributed by atoms with Gasteiger partial charge in [-0.15, -0.1) is 0 Å². The van der Waals surface area contributed by atoms with Gasteiger partial charge in [-0.2, -0.15) is 18.3 Å². The van der Waals surface area contributed by atoms with Crippen molar-refractivity contribution in [1.82, 2.24) is 30.0 Å². The van der Waals surface area contributed by atoms with Gasteiger partial charge in [0.1, 0.15) is 17.9 Å². The number of nitrogens with zero attached hydrogens (tertiary/aromatic N) is 4. The molecule has 342 valence electrons. The summed E-state index contributed by atoms with van der Waals surface area (Å²) in [5.41, 5.74) is 1.99. The number of aromatic amines is 1. The molecule has 0 radical (unpaired) electrons. The third-order valence-electron chi connectivity index (χ3n) is 10.8. The summed E-state index contributed by atoms with van der Waals surface area (Å²) in [5.74, 6) is -0.817. The first-order valence-corrected chi connectivity index (χ1v) is 21.6. The molecule has 0 aliphatic heterocycles. The summed E-state index contributed by atoms with van der Waals surface area (Å²) in [6, 6.07) is 18.9. The second-order valence-electron chi connectivity index (χ2n) is 16.4. The Hall–Kier alpha value is -6.72. The van der Waals surface area contributed by atoms with E-state index in [-0.39, 0.29) is 36.0 Å². The first kappa shape index (κ1) is 47.8. The van der Waals surface area contributed by atoms with E-state index in [1.165, 1.54) is 81.1 Å². The molecule has 65 heavy (non-hydrogen) atoms. The Labute approximate surface area is 374 Å². The van der Waals surface area contributed by atoms with Crippen LogP contribution in [0.3, 0.4) is 0 Å². The highest BCUT2D eigenvalue weighted by molar-refractivity contribution is 6.05. The van der Waals surface area contributed by atoms with Gasteiger partial charge in [-0.25, -0.2) is 4.98 Å². The van der Waals surface area contributed by atoms with Crippen LogP contribution < -0.4 is 21.5 Å². The van der Waals surface area contributed by atoms with Crippen molar-refractivity contribution in [1.29, 1.82) is 0 Å². The minimum Gasteiger partial charge on any atom is -0.465 e. The van der Waals surface area contributed by atoms with E-state index in [9.17, 15) is 37.5 Å². The summed E-state index contributed by atoms with van der Waals surface area (Å²) in [6.07, 6.45) is 10.4. The second-order valence-corrected chi connectivity index (χ2v) is 16.4. The SMILES string of the molecule is CC(C)(O)c1cc2[nH]ncc2cc1NC(=O)c1cccc(C(F)(F)F)n1.CCOC(=O)Cn1cc(NC(=O)c2cc(CCCNCC3CCCCC3)cc(-c3cccnc3)c2)ccc1=O. The zero-order valence-corrected chi connectivity index (χ0v) is 36.5. The fraction of sp³-hybridized carbons (Fsp3) is 0.354. The minimum atomic E-state index is -4.65. The van der Waals surface area contributed by atoms with E-state index >= 15 is 0 Å². The largest absolute Gasteiger partial charge is 0.465 e. The van der Waals surface area contributed by atoms with Crippen LogP contribution in [0.2, 0.25) is 0 Å². The van der Waals surface area contributed by atoms with Crippen LogP contribution in [0.4, 0.5) is 24.5 Å². The number of carbonyl (C=O) groups is 3. The van der Waals surface area contributed by atoms with Crippen molar-refractivity contribution in [3.05, 3.63) is 136 Å². The van der Waals surface area contributed by atoms with E-state index in [1.54, 1.807) is 31.5 Å². The number of ether oxygens (including phenoxy) is 1. The van der Waals surface area contributed by atoms with E-state index in [0.29, 0.717) is 27.7 Å². The van der Waals surface area contributed by atoms with Gasteiger partial charge in [-0.05, 0) is 125 Å². The summed E-state index contributed by atoms with van der Waals surface area (Å²) in [7, 11) is 0. The van der Waals surface area contributed by atoms with E-state index in [2.05, 4.69) is 42.2 Å². The molecule has 17 heteroatoms. The van der Waals surface area contributed by atoms with E-state index in [0.717, 1.165) is 60.7 Å². The molecular formula is C48H53F3N8O6. The van der Waals surface area contributed by atoms with Crippen molar-refractivity contribution < 1.29 is 37.4 Å². The first-order chi connectivity index (χ1) is 31.1. The molecule has 4 heterocycles. The average Bonchev–Trinajstić information content (AvgIpc) is 3.75. The van der Waals surface area contributed by atoms with Crippen LogP contribution in [0.1, 0.15) is 97.0 Å². The number of hydrogen-bond acceptors (Lipinski definition) is 10. The van der Waals surface area contributed by atoms with Crippen molar-refractivity contribution in [2.75, 3.05) is 30.3 Å². The molecule has 1 saturated carbocycles. The number of rotatable bonds is 15. The molecule has 6 aromatic rings. The Morgan fingerprint density at radius 3 is 2.45 bits per heavy atom. The van der Waals surface area contributed by atoms with E-state index in [4.69, 9.17) is 4.74 Å². The van der Waals surface area contributed by atoms with Gasteiger partial charge in [-0.1, -0.05) is 37.5 Å². The number of aryl methyl sites for hydroxylation is 1. The van der Waals surface area contributed by atoms with E-state index in [1.807, 2.05) is 24.3 Å². The predicted octanol–water partition coefficient (Wildman–Crippen LogP) is 8.28. The molecule has 0 spiro atoms. The van der Waals surface area contributed by atoms with Crippen LogP contribution in [-0.4, -0.2) is 67.3 Å². The van der Waals surface area contributed by atoms with Crippen molar-refractivity contribution in [2.45, 2.75) is 84.0 Å². The van der Waals surface area contributed by atoms with Crippen molar-refractivity contribution in [3.63, 3.8) is 0 Å². The summed E-state index contributed by atoms with van der Waals surface area (Å²) in [6.45, 7) is 6.81. The monoisotopic (exact) mass is 894 g/mol. The third-order valence-corrected chi connectivity index (χ3v) is 10.8. The number of benzene rings is 2. The molecule has 1 fully saturated rings. The Morgan fingerprint density at radius 2 is 1.72 bits per heavy atom. The fourth-order valence-electron chi connectivity index (χ4n) is 7.57. The number of carbonyl (C=O) groups excluding carboxylic acids is 3. The maximum atomic E-state index is 13.3. The maximum Gasteiger partial charge on any atom is 0.433 e. The predicted molar refractivity (Wildman–Crippen MR) is 241 cm³/mol. The van der Waals surface area contributed by atoms with Crippen molar-refractivity contribution in [2.24, 2.45) is 5.92 Å². The van der Waals surface area contributed by atoms with Gasteiger partial charge in [0.15, 0.2) is 0 Å². The lowest BCUT2D eigenvalue weighted by Gasteiger charge is -2.22. The van der Waals surface area contributed by atoms with Crippen LogP contribution in [0.25, 0.3) is 22.0 Å². The highest BCUT2D eigenvalue weighted by atomic mass is 19.4. The molecule has 0 atom stereocenters. The molecule has 7 rings (SSSR count). The highest BCUT2D eigenvalue weighted by Crippen LogP contribution is 2.33. The number of alkyl halides is 3. The number of nitrogens with one attached hydrogen (secondary N) is 4. The summed E-state index contributed by atoms with van der Waals surface area (Å²) in [5, 5.41) is 26.7. The standard InChI is InChI=1S/C31H38N4O4.C17H15F3N4O2/c1-2-39-30(37)22-35-21-28(12-13-29(35)36)34-31(38)27-17-24(16-26(18-27)25-11-7-15-33-20-25)10-6-14-32-19-23-8-4-3-5-9-23;1-16(2,26)10-7-12-9(8-21-24-12)6-13(10)23-15(25)11-4-3-5-14(22-11)17(18,19)20/h7,11-13,15-18,20-21,23,32H,2-6,8-10,14,19,22H2,1H3,(H,34,38);3-8,26H,1-2H3,(H,21,24)(H,23,25). The normalized spacial score (nSPS) is 13.2. The molecule has 2 aromatic carbocycles. The van der Waals surface area contributed by atoms with Gasteiger partial charge in [0, 0.05) is 52.4 Å². The van der Waals surface area contributed by atoms with Crippen LogP contribution in [0.15, 0.2) is 102 Å². The fourth-order valence-corrected chi connectivity index (χ4v) is 7.57. The van der Waals surface area contributed by atoms with Crippen LogP contribution in [0, 0.1) is 5.92 Å². The molecular weight excluding hydrogens is 842 g/mol. The topological polar surface area (TPSA) is 193 Å². The summed E-state index contributed by atoms with van der Waals surface area (Å²) in [4.78, 5) is 57.3. The highest BCUT2D eigenvalue weighted by Gasteiger charge is 2.33. The molecule has 4 aromatic heterocycles. The molecule has 2 amide bonds. The number of amides is 2. The van der Waals surface area contributed by atoms with Gasteiger partial charge in [0.25, 0.3) is 17.4 Å². The Morgan fingerprint density at radius 1 is 0.923 bits per heavy atom. The molecule has 1 aliphatic rings. The molecule has 14 nitrogen and oxygen atoms in total. The third kappa shape index (κ3) is 13.6. The van der Waals surface area contributed by atoms with Gasteiger partial charge in [-0.3, -0.25) is 29.3 Å². The Kier molecular flexibility index (Phi) is 16.0. The van der Waals surface area contributed by atoms with Crippen LogP contribution in [0.5, 0.6) is 0 Å². The average molecular weight is 895 g/mol. The van der Waals surface area contributed by atoms with Gasteiger partial charge in [0.05, 0.1) is 29.6 Å². The number of fused-ring (bicyclic) bond motifs is 1. The quantitative estimate of drug-likeness (QED) is 0.0495. The first-order valence-electron chi connectivity index (χ1n) is 21.6. The smallest absolute Gasteiger partial charge is 0.433 e. The number of anilines is 2. The summed E-state index contributed by atoms with van der Waals surface area (Å²) >= 11 is 0. The number of esters is 1.